The van der Waals surface area contributed by atoms with E-state index in [0.29, 0.717) is 0 Å². The quantitative estimate of drug-likeness (QED) is 0.167. The second-order valence-electron chi connectivity index (χ2n) is 17.6. The van der Waals surface area contributed by atoms with Crippen LogP contribution in [0.5, 0.6) is 0 Å². The molecule has 0 bridgehead atoms. The van der Waals surface area contributed by atoms with Crippen LogP contribution in [0.2, 0.25) is 0 Å². The molecule has 0 N–H and O–H groups in total. The van der Waals surface area contributed by atoms with E-state index in [1.54, 1.807) is 0 Å². The summed E-state index contributed by atoms with van der Waals surface area (Å²) in [5.74, 6) is 0. The molecule has 0 atom stereocenters. The highest BCUT2D eigenvalue weighted by Gasteiger charge is 2.38. The van der Waals surface area contributed by atoms with Gasteiger partial charge in [-0.05, 0) is 99.4 Å². The lowest BCUT2D eigenvalue weighted by molar-refractivity contribution is 0.660. The Labute approximate surface area is 371 Å². The van der Waals surface area contributed by atoms with Gasteiger partial charge < -0.3 is 13.9 Å². The highest BCUT2D eigenvalue weighted by atomic mass is 16.3. The number of hydrogen-bond donors (Lipinski definition) is 0. The first-order valence-corrected chi connectivity index (χ1v) is 22.2. The second-order valence-corrected chi connectivity index (χ2v) is 17.6. The Morgan fingerprint density at radius 3 is 1.88 bits per heavy atom. The number of anilines is 3. The second kappa shape index (κ2) is 13.9. The predicted octanol–water partition coefficient (Wildman–Crippen LogP) is 16.9. The molecule has 12 aromatic rings. The maximum absolute atomic E-state index is 6.73. The number of nitrogens with zero attached hydrogens (tertiary/aromatic N) is 2. The van der Waals surface area contributed by atoms with Crippen LogP contribution in [0.3, 0.4) is 0 Å². The lowest BCUT2D eigenvalue weighted by atomic mass is 9.82. The van der Waals surface area contributed by atoms with E-state index in [9.17, 15) is 0 Å². The topological polar surface area (TPSA) is 21.3 Å². The van der Waals surface area contributed by atoms with Crippen LogP contribution in [-0.2, 0) is 5.41 Å². The zero-order valence-corrected chi connectivity index (χ0v) is 35.6. The molecule has 3 nitrogen and oxygen atoms in total. The van der Waals surface area contributed by atoms with E-state index in [4.69, 9.17) is 4.42 Å². The van der Waals surface area contributed by atoms with Gasteiger partial charge >= 0.3 is 0 Å². The summed E-state index contributed by atoms with van der Waals surface area (Å²) in [6.45, 7) is 4.72. The largest absolute Gasteiger partial charge is 0.455 e. The minimum atomic E-state index is -0.150. The van der Waals surface area contributed by atoms with Crippen LogP contribution in [0.25, 0.3) is 93.6 Å². The van der Waals surface area contributed by atoms with Crippen LogP contribution in [0.1, 0.15) is 25.0 Å². The molecule has 0 saturated heterocycles. The fraction of sp³-hybridized carbons (Fsp3) is 0.0492. The van der Waals surface area contributed by atoms with Gasteiger partial charge in [-0.3, -0.25) is 0 Å². The molecule has 1 aliphatic rings. The fourth-order valence-corrected chi connectivity index (χ4v) is 10.8. The Hall–Kier alpha value is -8.14. The van der Waals surface area contributed by atoms with Crippen LogP contribution in [0.4, 0.5) is 17.1 Å². The molecule has 1 aliphatic carbocycles. The number of para-hydroxylation sites is 3. The van der Waals surface area contributed by atoms with Gasteiger partial charge in [-0.25, -0.2) is 0 Å². The van der Waals surface area contributed by atoms with Gasteiger partial charge in [-0.1, -0.05) is 172 Å². The normalized spacial score (nSPS) is 13.0. The summed E-state index contributed by atoms with van der Waals surface area (Å²) in [5.41, 5.74) is 18.4. The average molecular weight is 819 g/mol. The van der Waals surface area contributed by atoms with Gasteiger partial charge in [0, 0.05) is 54.8 Å². The molecular weight excluding hydrogens is 777 g/mol. The summed E-state index contributed by atoms with van der Waals surface area (Å²) < 4.78 is 9.13. The molecular formula is C61H42N2O. The van der Waals surface area contributed by atoms with Gasteiger partial charge in [-0.15, -0.1) is 0 Å². The third kappa shape index (κ3) is 5.34. The monoisotopic (exact) mass is 818 g/mol. The Balaban J connectivity index is 1.00. The first-order valence-electron chi connectivity index (χ1n) is 22.2. The van der Waals surface area contributed by atoms with Gasteiger partial charge in [-0.2, -0.15) is 0 Å². The lowest BCUT2D eigenvalue weighted by Gasteiger charge is -2.30. The molecule has 2 aromatic heterocycles. The van der Waals surface area contributed by atoms with Crippen molar-refractivity contribution in [1.29, 1.82) is 0 Å². The molecule has 13 rings (SSSR count). The van der Waals surface area contributed by atoms with Gasteiger partial charge in [0.15, 0.2) is 0 Å². The van der Waals surface area contributed by atoms with E-state index >= 15 is 0 Å². The minimum absolute atomic E-state index is 0.150. The van der Waals surface area contributed by atoms with Crippen LogP contribution in [0, 0.1) is 0 Å². The van der Waals surface area contributed by atoms with Crippen molar-refractivity contribution < 1.29 is 4.42 Å². The van der Waals surface area contributed by atoms with Crippen molar-refractivity contribution in [3.63, 3.8) is 0 Å². The molecule has 0 fully saturated rings. The third-order valence-corrected chi connectivity index (χ3v) is 13.8. The molecule has 64 heavy (non-hydrogen) atoms. The number of rotatable bonds is 6. The van der Waals surface area contributed by atoms with E-state index < -0.39 is 0 Å². The van der Waals surface area contributed by atoms with Crippen LogP contribution >= 0.6 is 0 Å². The third-order valence-electron chi connectivity index (χ3n) is 13.8. The first-order chi connectivity index (χ1) is 31.5. The maximum atomic E-state index is 6.73. The van der Waals surface area contributed by atoms with Crippen LogP contribution in [-0.4, -0.2) is 4.57 Å². The van der Waals surface area contributed by atoms with Gasteiger partial charge in [0.05, 0.1) is 22.4 Å². The SMILES string of the molecule is CC1(C)c2ccccc2-c2c(N(c3ccc(-c4cccc(-n5c6ccccc6c6ccccc65)c4)cc3)c3ccccc3-c3cccc4oc5c6ccccc6ccc5c34)cccc21. The van der Waals surface area contributed by atoms with Gasteiger partial charge in [0.25, 0.3) is 0 Å². The van der Waals surface area contributed by atoms with Crippen molar-refractivity contribution in [2.24, 2.45) is 0 Å². The van der Waals surface area contributed by atoms with Crippen molar-refractivity contribution in [3.8, 4) is 39.1 Å². The number of hydrogen-bond acceptors (Lipinski definition) is 2. The molecule has 2 heterocycles. The lowest BCUT2D eigenvalue weighted by Crippen LogP contribution is -2.16. The standard InChI is InChI=1S/C61H42N2O/c1-61(2)51-25-9-5-23-49(51)59-52(61)26-15-30-56(59)62(55-29-12-8-22-47(55)48-24-14-31-57-58(48)50-37-34-40-16-3-4-19-44(40)60(50)64-57)42-35-32-39(33-36-42)41-17-13-18-43(38-41)63-53-27-10-6-20-45(53)46-21-7-11-28-54(46)63/h3-38H,1-2H3. The zero-order chi connectivity index (χ0) is 42.5. The van der Waals surface area contributed by atoms with Crippen molar-refractivity contribution in [3.05, 3.63) is 230 Å². The molecule has 0 aliphatic heterocycles. The van der Waals surface area contributed by atoms with Crippen molar-refractivity contribution in [2.75, 3.05) is 4.90 Å². The van der Waals surface area contributed by atoms with Crippen LogP contribution < -0.4 is 4.90 Å². The Morgan fingerprint density at radius 1 is 0.438 bits per heavy atom. The minimum Gasteiger partial charge on any atom is -0.455 e. The van der Waals surface area contributed by atoms with Crippen molar-refractivity contribution in [2.45, 2.75) is 19.3 Å². The number of benzene rings is 10. The van der Waals surface area contributed by atoms with E-state index in [1.807, 2.05) is 0 Å². The summed E-state index contributed by atoms with van der Waals surface area (Å²) in [6.07, 6.45) is 0. The van der Waals surface area contributed by atoms with Gasteiger partial charge in [0.2, 0.25) is 0 Å². The predicted molar refractivity (Wildman–Crippen MR) is 269 cm³/mol. The molecule has 0 amide bonds. The fourth-order valence-electron chi connectivity index (χ4n) is 10.8. The van der Waals surface area contributed by atoms with E-state index in [2.05, 4.69) is 242 Å². The average Bonchev–Trinajstić information content (AvgIpc) is 3.98. The summed E-state index contributed by atoms with van der Waals surface area (Å²) in [5, 5.41) is 7.06. The zero-order valence-electron chi connectivity index (χ0n) is 35.6. The van der Waals surface area contributed by atoms with E-state index in [1.165, 1.54) is 55.0 Å². The van der Waals surface area contributed by atoms with E-state index in [0.717, 1.165) is 66.8 Å². The van der Waals surface area contributed by atoms with Crippen molar-refractivity contribution in [1.82, 2.24) is 4.57 Å². The van der Waals surface area contributed by atoms with Crippen LogP contribution in [0.15, 0.2) is 223 Å². The molecule has 0 unspecified atom stereocenters. The molecule has 3 heteroatoms. The summed E-state index contributed by atoms with van der Waals surface area (Å²) in [7, 11) is 0. The number of fused-ring (bicyclic) bond motifs is 11. The number of aromatic nitrogens is 1. The maximum Gasteiger partial charge on any atom is 0.143 e. The summed E-state index contributed by atoms with van der Waals surface area (Å²) >= 11 is 0. The van der Waals surface area contributed by atoms with Crippen molar-refractivity contribution >= 4 is 71.6 Å². The van der Waals surface area contributed by atoms with Gasteiger partial charge in [0.1, 0.15) is 11.2 Å². The first kappa shape index (κ1) is 36.5. The summed E-state index contributed by atoms with van der Waals surface area (Å²) in [4.78, 5) is 2.49. The molecule has 0 spiro atoms. The van der Waals surface area contributed by atoms with E-state index in [-0.39, 0.29) is 5.41 Å². The summed E-state index contributed by atoms with van der Waals surface area (Å²) in [6, 6.07) is 79.6. The highest BCUT2D eigenvalue weighted by molar-refractivity contribution is 6.20. The Bertz CT molecular complexity index is 3770. The highest BCUT2D eigenvalue weighted by Crippen LogP contribution is 2.55. The smallest absolute Gasteiger partial charge is 0.143 e. The molecule has 10 aromatic carbocycles. The Kier molecular flexibility index (Phi) is 7.95. The molecule has 0 saturated carbocycles. The molecule has 302 valence electrons. The Morgan fingerprint density at radius 2 is 1.06 bits per heavy atom. The molecule has 0 radical (unpaired) electrons. The number of furan rings is 1.